The predicted molar refractivity (Wildman–Crippen MR) is 90.4 cm³/mol. The summed E-state index contributed by atoms with van der Waals surface area (Å²) in [4.78, 5) is 12.1. The molecular weight excluding hydrogens is 361 g/mol. The summed E-state index contributed by atoms with van der Waals surface area (Å²) >= 11 is 3.27. The van der Waals surface area contributed by atoms with E-state index in [4.69, 9.17) is 0 Å². The SMILES string of the molecule is O=C(/C=C/c1cc(Br)ccc1F)NC1CCc2c(O)cccc21. The summed E-state index contributed by atoms with van der Waals surface area (Å²) in [6.45, 7) is 0. The second kappa shape index (κ2) is 6.54. The number of carbonyl (C=O) groups excluding carboxylic acids is 1. The third kappa shape index (κ3) is 3.45. The van der Waals surface area contributed by atoms with Crippen molar-refractivity contribution >= 4 is 27.9 Å². The lowest BCUT2D eigenvalue weighted by Gasteiger charge is -2.12. The first-order valence-corrected chi connectivity index (χ1v) is 8.08. The average Bonchev–Trinajstić information content (AvgIpc) is 2.93. The van der Waals surface area contributed by atoms with Gasteiger partial charge in [-0.2, -0.15) is 0 Å². The van der Waals surface area contributed by atoms with Crippen LogP contribution in [0.2, 0.25) is 0 Å². The molecule has 118 valence electrons. The molecule has 0 saturated heterocycles. The summed E-state index contributed by atoms with van der Waals surface area (Å²) < 4.78 is 14.4. The van der Waals surface area contributed by atoms with E-state index in [1.807, 2.05) is 6.07 Å². The van der Waals surface area contributed by atoms with E-state index in [0.717, 1.165) is 28.4 Å². The zero-order valence-corrected chi connectivity index (χ0v) is 13.8. The van der Waals surface area contributed by atoms with Gasteiger partial charge in [-0.15, -0.1) is 0 Å². The molecular formula is C18H15BrFNO2. The number of carbonyl (C=O) groups is 1. The van der Waals surface area contributed by atoms with Crippen LogP contribution in [-0.4, -0.2) is 11.0 Å². The number of halogens is 2. The zero-order valence-electron chi connectivity index (χ0n) is 12.2. The van der Waals surface area contributed by atoms with Crippen LogP contribution in [0, 0.1) is 5.82 Å². The van der Waals surface area contributed by atoms with Gasteiger partial charge in [-0.1, -0.05) is 28.1 Å². The lowest BCUT2D eigenvalue weighted by Crippen LogP contribution is -2.25. The van der Waals surface area contributed by atoms with Gasteiger partial charge in [-0.05, 0) is 54.3 Å². The molecule has 0 spiro atoms. The number of phenols is 1. The fourth-order valence-corrected chi connectivity index (χ4v) is 3.19. The Hall–Kier alpha value is -2.14. The van der Waals surface area contributed by atoms with Crippen LogP contribution in [0.4, 0.5) is 4.39 Å². The molecule has 1 aliphatic carbocycles. The predicted octanol–water partition coefficient (Wildman–Crippen LogP) is 4.11. The number of phenolic OH excluding ortho intramolecular Hbond substituents is 1. The van der Waals surface area contributed by atoms with Crippen LogP contribution in [0.1, 0.15) is 29.2 Å². The van der Waals surface area contributed by atoms with Crippen molar-refractivity contribution < 1.29 is 14.3 Å². The molecule has 1 atom stereocenters. The summed E-state index contributed by atoms with van der Waals surface area (Å²) in [7, 11) is 0. The van der Waals surface area contributed by atoms with Gasteiger partial charge >= 0.3 is 0 Å². The maximum atomic E-state index is 13.6. The van der Waals surface area contributed by atoms with E-state index in [9.17, 15) is 14.3 Å². The summed E-state index contributed by atoms with van der Waals surface area (Å²) in [5.41, 5.74) is 2.18. The van der Waals surface area contributed by atoms with E-state index in [1.165, 1.54) is 18.2 Å². The molecule has 0 fully saturated rings. The molecule has 2 aromatic rings. The largest absolute Gasteiger partial charge is 0.508 e. The number of benzene rings is 2. The Kier molecular flexibility index (Phi) is 4.48. The van der Waals surface area contributed by atoms with Crippen LogP contribution in [0.25, 0.3) is 6.08 Å². The lowest BCUT2D eigenvalue weighted by atomic mass is 10.1. The second-order valence-corrected chi connectivity index (χ2v) is 6.36. The van der Waals surface area contributed by atoms with Crippen LogP contribution in [-0.2, 0) is 11.2 Å². The highest BCUT2D eigenvalue weighted by Gasteiger charge is 2.25. The fourth-order valence-electron chi connectivity index (χ4n) is 2.81. The van der Waals surface area contributed by atoms with Crippen molar-refractivity contribution in [2.24, 2.45) is 0 Å². The topological polar surface area (TPSA) is 49.3 Å². The molecule has 0 aliphatic heterocycles. The molecule has 3 rings (SSSR count). The smallest absolute Gasteiger partial charge is 0.244 e. The first-order chi connectivity index (χ1) is 11.0. The van der Waals surface area contributed by atoms with Gasteiger partial charge in [-0.3, -0.25) is 4.79 Å². The number of nitrogens with one attached hydrogen (secondary N) is 1. The molecule has 0 bridgehead atoms. The van der Waals surface area contributed by atoms with Gasteiger partial charge in [0.2, 0.25) is 5.91 Å². The highest BCUT2D eigenvalue weighted by molar-refractivity contribution is 9.10. The Bertz CT molecular complexity index is 789. The second-order valence-electron chi connectivity index (χ2n) is 5.44. The van der Waals surface area contributed by atoms with Crippen molar-refractivity contribution in [2.75, 3.05) is 0 Å². The molecule has 3 nitrogen and oxygen atoms in total. The summed E-state index contributed by atoms with van der Waals surface area (Å²) in [5, 5.41) is 12.7. The number of aromatic hydroxyl groups is 1. The number of rotatable bonds is 3. The molecule has 5 heteroatoms. The molecule has 2 N–H and O–H groups in total. The van der Waals surface area contributed by atoms with E-state index in [2.05, 4.69) is 21.2 Å². The van der Waals surface area contributed by atoms with Crippen LogP contribution < -0.4 is 5.32 Å². The van der Waals surface area contributed by atoms with Gasteiger partial charge in [0.05, 0.1) is 6.04 Å². The Balaban J connectivity index is 1.71. The minimum Gasteiger partial charge on any atom is -0.508 e. The molecule has 0 radical (unpaired) electrons. The normalized spacial score (nSPS) is 16.5. The summed E-state index contributed by atoms with van der Waals surface area (Å²) in [6, 6.07) is 9.77. The van der Waals surface area contributed by atoms with E-state index in [1.54, 1.807) is 24.3 Å². The molecule has 0 aromatic heterocycles. The maximum absolute atomic E-state index is 13.6. The van der Waals surface area contributed by atoms with Gasteiger partial charge in [0.1, 0.15) is 11.6 Å². The Morgan fingerprint density at radius 2 is 2.17 bits per heavy atom. The minimum absolute atomic E-state index is 0.124. The van der Waals surface area contributed by atoms with Crippen molar-refractivity contribution in [2.45, 2.75) is 18.9 Å². The zero-order chi connectivity index (χ0) is 16.4. The molecule has 1 unspecified atom stereocenters. The molecule has 1 aliphatic rings. The van der Waals surface area contributed by atoms with E-state index >= 15 is 0 Å². The Morgan fingerprint density at radius 3 is 3.00 bits per heavy atom. The van der Waals surface area contributed by atoms with E-state index in [-0.39, 0.29) is 23.5 Å². The monoisotopic (exact) mass is 375 g/mol. The molecule has 0 saturated carbocycles. The van der Waals surface area contributed by atoms with Gasteiger partial charge in [0.25, 0.3) is 0 Å². The van der Waals surface area contributed by atoms with Gasteiger partial charge < -0.3 is 10.4 Å². The molecule has 2 aromatic carbocycles. The molecule has 23 heavy (non-hydrogen) atoms. The lowest BCUT2D eigenvalue weighted by molar-refractivity contribution is -0.117. The van der Waals surface area contributed by atoms with Gasteiger partial charge in [0, 0.05) is 16.1 Å². The van der Waals surface area contributed by atoms with Crippen LogP contribution in [0.3, 0.4) is 0 Å². The summed E-state index contributed by atoms with van der Waals surface area (Å²) in [6.07, 6.45) is 4.26. The van der Waals surface area contributed by atoms with Crippen molar-refractivity contribution in [3.05, 3.63) is 69.5 Å². The Morgan fingerprint density at radius 1 is 1.35 bits per heavy atom. The van der Waals surface area contributed by atoms with Crippen molar-refractivity contribution in [1.29, 1.82) is 0 Å². The standard InChI is InChI=1S/C18H15BrFNO2/c19-12-5-7-15(20)11(10-12)4-9-18(23)21-16-8-6-14-13(16)2-1-3-17(14)22/h1-5,7,9-10,16,22H,6,8H2,(H,21,23)/b9-4+. The first kappa shape index (κ1) is 15.7. The summed E-state index contributed by atoms with van der Waals surface area (Å²) in [5.74, 6) is -0.398. The van der Waals surface area contributed by atoms with Crippen molar-refractivity contribution in [1.82, 2.24) is 5.32 Å². The van der Waals surface area contributed by atoms with E-state index < -0.39 is 0 Å². The van der Waals surface area contributed by atoms with Crippen molar-refractivity contribution in [3.8, 4) is 5.75 Å². The van der Waals surface area contributed by atoms with Gasteiger partial charge in [0.15, 0.2) is 0 Å². The number of hydrogen-bond donors (Lipinski definition) is 2. The quantitative estimate of drug-likeness (QED) is 0.793. The number of amides is 1. The van der Waals surface area contributed by atoms with Crippen LogP contribution in [0.5, 0.6) is 5.75 Å². The minimum atomic E-state index is -0.381. The van der Waals surface area contributed by atoms with Gasteiger partial charge in [-0.25, -0.2) is 4.39 Å². The van der Waals surface area contributed by atoms with Crippen molar-refractivity contribution in [3.63, 3.8) is 0 Å². The third-order valence-electron chi connectivity index (χ3n) is 3.93. The first-order valence-electron chi connectivity index (χ1n) is 7.29. The fraction of sp³-hybridized carbons (Fsp3) is 0.167. The third-order valence-corrected chi connectivity index (χ3v) is 4.43. The molecule has 0 heterocycles. The number of fused-ring (bicyclic) bond motifs is 1. The average molecular weight is 376 g/mol. The highest BCUT2D eigenvalue weighted by atomic mass is 79.9. The van der Waals surface area contributed by atoms with Crippen LogP contribution >= 0.6 is 15.9 Å². The number of hydrogen-bond acceptors (Lipinski definition) is 2. The van der Waals surface area contributed by atoms with E-state index in [0.29, 0.717) is 5.56 Å². The molecule has 1 amide bonds. The highest BCUT2D eigenvalue weighted by Crippen LogP contribution is 2.36. The van der Waals surface area contributed by atoms with Crippen LogP contribution in [0.15, 0.2) is 46.9 Å². The Labute approximate surface area is 142 Å². The maximum Gasteiger partial charge on any atom is 0.244 e.